The molecule has 0 atom stereocenters. The molecule has 0 saturated carbocycles. The molecule has 1 heterocycles. The van der Waals surface area contributed by atoms with Crippen LogP contribution in [0.1, 0.15) is 11.1 Å². The number of benzene rings is 2. The van der Waals surface area contributed by atoms with Crippen molar-refractivity contribution in [3.05, 3.63) is 63.2 Å². The number of hydrogen-bond acceptors (Lipinski definition) is 2. The van der Waals surface area contributed by atoms with Crippen LogP contribution in [0.4, 0.5) is 5.69 Å². The number of carbonyl (C=O) groups excluding carboxylic acids is 1. The number of hydrogen-bond donors (Lipinski definition) is 1. The summed E-state index contributed by atoms with van der Waals surface area (Å²) in [5.41, 5.74) is 10.0. The predicted molar refractivity (Wildman–Crippen MR) is 90.0 cm³/mol. The molecule has 20 heavy (non-hydrogen) atoms. The normalized spacial score (nSPS) is 16.3. The molecule has 1 aliphatic heterocycles. The molecule has 2 aromatic rings. The molecule has 0 fully saturated rings. The van der Waals surface area contributed by atoms with E-state index in [4.69, 9.17) is 5.73 Å². The summed E-state index contributed by atoms with van der Waals surface area (Å²) in [6.45, 7) is 0. The van der Waals surface area contributed by atoms with Gasteiger partial charge in [-0.25, -0.2) is 0 Å². The number of nitrogens with zero attached hydrogens (tertiary/aromatic N) is 1. The fourth-order valence-electron chi connectivity index (χ4n) is 2.40. The zero-order chi connectivity index (χ0) is 14.3. The van der Waals surface area contributed by atoms with Gasteiger partial charge in [-0.1, -0.05) is 30.3 Å². The second-order valence-electron chi connectivity index (χ2n) is 4.68. The molecule has 2 N–H and O–H groups in total. The molecular formula is C16H13IN2O. The number of para-hydroxylation sites is 1. The summed E-state index contributed by atoms with van der Waals surface area (Å²) in [4.78, 5) is 14.1. The first-order valence-corrected chi connectivity index (χ1v) is 7.30. The first kappa shape index (κ1) is 13.2. The van der Waals surface area contributed by atoms with E-state index in [9.17, 15) is 4.79 Å². The van der Waals surface area contributed by atoms with Gasteiger partial charge in [0, 0.05) is 16.2 Å². The lowest BCUT2D eigenvalue weighted by molar-refractivity contribution is -0.112. The van der Waals surface area contributed by atoms with E-state index < -0.39 is 0 Å². The summed E-state index contributed by atoms with van der Waals surface area (Å²) in [5.74, 6) is -0.0535. The van der Waals surface area contributed by atoms with Gasteiger partial charge in [-0.3, -0.25) is 4.79 Å². The lowest BCUT2D eigenvalue weighted by Crippen LogP contribution is -2.21. The van der Waals surface area contributed by atoms with Crippen LogP contribution in [0.15, 0.2) is 48.5 Å². The lowest BCUT2D eigenvalue weighted by Gasteiger charge is -2.09. The molecule has 0 unspecified atom stereocenters. The molecule has 3 rings (SSSR count). The van der Waals surface area contributed by atoms with E-state index in [0.29, 0.717) is 11.3 Å². The van der Waals surface area contributed by atoms with Crippen molar-refractivity contribution < 1.29 is 4.79 Å². The van der Waals surface area contributed by atoms with Gasteiger partial charge in [0.25, 0.3) is 5.91 Å². The number of halogens is 1. The summed E-state index contributed by atoms with van der Waals surface area (Å²) < 4.78 is 1.14. The van der Waals surface area contributed by atoms with Crippen LogP contribution in [0.25, 0.3) is 11.3 Å². The van der Waals surface area contributed by atoms with Gasteiger partial charge in [-0.15, -0.1) is 0 Å². The molecule has 3 nitrogen and oxygen atoms in total. The number of fused-ring (bicyclic) bond motifs is 1. The number of rotatable bonds is 1. The molecule has 1 amide bonds. The molecule has 0 aliphatic carbocycles. The monoisotopic (exact) mass is 376 g/mol. The molecule has 1 aliphatic rings. The molecule has 100 valence electrons. The van der Waals surface area contributed by atoms with Crippen LogP contribution in [0, 0.1) is 3.57 Å². The maximum atomic E-state index is 12.4. The molecule has 0 aromatic heterocycles. The maximum absolute atomic E-state index is 12.4. The summed E-state index contributed by atoms with van der Waals surface area (Å²) in [5, 5.41) is 0. The van der Waals surface area contributed by atoms with E-state index in [2.05, 4.69) is 22.6 Å². The summed E-state index contributed by atoms with van der Waals surface area (Å²) >= 11 is 2.24. The number of amides is 1. The van der Waals surface area contributed by atoms with Crippen molar-refractivity contribution in [2.45, 2.75) is 0 Å². The van der Waals surface area contributed by atoms with Crippen molar-refractivity contribution in [3.63, 3.8) is 0 Å². The van der Waals surface area contributed by atoms with Gasteiger partial charge in [0.1, 0.15) is 0 Å². The average molecular weight is 376 g/mol. The molecule has 0 bridgehead atoms. The molecular weight excluding hydrogens is 363 g/mol. The van der Waals surface area contributed by atoms with Gasteiger partial charge in [-0.05, 0) is 46.4 Å². The minimum atomic E-state index is -0.0535. The third-order valence-corrected chi connectivity index (χ3v) is 4.20. The number of carbonyl (C=O) groups is 1. The van der Waals surface area contributed by atoms with Crippen LogP contribution in [-0.4, -0.2) is 13.0 Å². The van der Waals surface area contributed by atoms with Crippen molar-refractivity contribution in [2.75, 3.05) is 11.9 Å². The van der Waals surface area contributed by atoms with Crippen LogP contribution in [0.5, 0.6) is 0 Å². The van der Waals surface area contributed by atoms with Crippen LogP contribution < -0.4 is 10.6 Å². The molecule has 0 spiro atoms. The van der Waals surface area contributed by atoms with Crippen LogP contribution >= 0.6 is 22.6 Å². The number of nitrogens with two attached hydrogens (primary N) is 1. The molecule has 0 saturated heterocycles. The van der Waals surface area contributed by atoms with E-state index in [-0.39, 0.29) is 5.91 Å². The van der Waals surface area contributed by atoms with Gasteiger partial charge in [0.05, 0.1) is 17.0 Å². The minimum absolute atomic E-state index is 0.0535. The minimum Gasteiger partial charge on any atom is -0.398 e. The Morgan fingerprint density at radius 1 is 1.10 bits per heavy atom. The first-order chi connectivity index (χ1) is 9.59. The highest BCUT2D eigenvalue weighted by atomic mass is 127. The van der Waals surface area contributed by atoms with Gasteiger partial charge in [0.15, 0.2) is 0 Å². The van der Waals surface area contributed by atoms with E-state index in [0.717, 1.165) is 20.4 Å². The Balaban J connectivity index is 2.20. The van der Waals surface area contributed by atoms with E-state index in [1.807, 2.05) is 48.5 Å². The SMILES string of the molecule is CN1C(=O)/C(=C(\N)c2ccc(I)cc2)c2ccccc21. The number of anilines is 1. The van der Waals surface area contributed by atoms with Crippen molar-refractivity contribution >= 4 is 45.5 Å². The summed E-state index contributed by atoms with van der Waals surface area (Å²) in [6.07, 6.45) is 0. The standard InChI is InChI=1S/C16H13IN2O/c1-19-13-5-3-2-4-12(13)14(16(19)20)15(18)10-6-8-11(17)9-7-10/h2-9H,18H2,1H3/b15-14-. The van der Waals surface area contributed by atoms with Gasteiger partial charge < -0.3 is 10.6 Å². The van der Waals surface area contributed by atoms with Gasteiger partial charge in [0.2, 0.25) is 0 Å². The quantitative estimate of drug-likeness (QED) is 0.614. The molecule has 2 aromatic carbocycles. The van der Waals surface area contributed by atoms with E-state index in [1.165, 1.54) is 0 Å². The van der Waals surface area contributed by atoms with Crippen molar-refractivity contribution in [1.29, 1.82) is 0 Å². The Morgan fingerprint density at radius 3 is 2.45 bits per heavy atom. The van der Waals surface area contributed by atoms with E-state index in [1.54, 1.807) is 11.9 Å². The van der Waals surface area contributed by atoms with Crippen molar-refractivity contribution in [2.24, 2.45) is 5.73 Å². The maximum Gasteiger partial charge on any atom is 0.260 e. The average Bonchev–Trinajstić information content (AvgIpc) is 2.72. The first-order valence-electron chi connectivity index (χ1n) is 6.22. The van der Waals surface area contributed by atoms with Gasteiger partial charge in [-0.2, -0.15) is 0 Å². The van der Waals surface area contributed by atoms with Crippen LogP contribution in [0.3, 0.4) is 0 Å². The van der Waals surface area contributed by atoms with Crippen LogP contribution in [0.2, 0.25) is 0 Å². The zero-order valence-electron chi connectivity index (χ0n) is 10.9. The van der Waals surface area contributed by atoms with Crippen LogP contribution in [-0.2, 0) is 4.79 Å². The third kappa shape index (κ3) is 2.00. The Labute approximate surface area is 131 Å². The smallest absolute Gasteiger partial charge is 0.260 e. The molecule has 4 heteroatoms. The largest absolute Gasteiger partial charge is 0.398 e. The highest BCUT2D eigenvalue weighted by molar-refractivity contribution is 14.1. The second-order valence-corrected chi connectivity index (χ2v) is 5.92. The second kappa shape index (κ2) is 4.94. The Bertz CT molecular complexity index is 720. The fraction of sp³-hybridized carbons (Fsp3) is 0.0625. The number of likely N-dealkylation sites (N-methyl/N-ethyl adjacent to an activating group) is 1. The fourth-order valence-corrected chi connectivity index (χ4v) is 2.76. The lowest BCUT2D eigenvalue weighted by atomic mass is 10.0. The summed E-state index contributed by atoms with van der Waals surface area (Å²) in [7, 11) is 1.77. The third-order valence-electron chi connectivity index (χ3n) is 3.48. The Hall–Kier alpha value is -1.82. The van der Waals surface area contributed by atoms with Gasteiger partial charge >= 0.3 is 0 Å². The predicted octanol–water partition coefficient (Wildman–Crippen LogP) is 3.09. The van der Waals surface area contributed by atoms with Crippen molar-refractivity contribution in [1.82, 2.24) is 0 Å². The molecule has 0 radical (unpaired) electrons. The Kier molecular flexibility index (Phi) is 3.25. The van der Waals surface area contributed by atoms with E-state index >= 15 is 0 Å². The Morgan fingerprint density at radius 2 is 1.75 bits per heavy atom. The highest BCUT2D eigenvalue weighted by Gasteiger charge is 2.31. The topological polar surface area (TPSA) is 46.3 Å². The summed E-state index contributed by atoms with van der Waals surface area (Å²) in [6, 6.07) is 15.6. The highest BCUT2D eigenvalue weighted by Crippen LogP contribution is 2.38. The van der Waals surface area contributed by atoms with Crippen molar-refractivity contribution in [3.8, 4) is 0 Å². The zero-order valence-corrected chi connectivity index (χ0v) is 13.1.